The zero-order valence-corrected chi connectivity index (χ0v) is 48.9. The minimum absolute atomic E-state index is 0. The summed E-state index contributed by atoms with van der Waals surface area (Å²) in [5.74, 6) is 0.173. The summed E-state index contributed by atoms with van der Waals surface area (Å²) >= 11 is 7.59. The molecular formula is C64H62N7O5RuS3-. The first-order valence-electron chi connectivity index (χ1n) is 26.7. The molecule has 0 aliphatic carbocycles. The van der Waals surface area contributed by atoms with Crippen LogP contribution in [0.1, 0.15) is 128 Å². The van der Waals surface area contributed by atoms with E-state index in [1.165, 1.54) is 138 Å². The van der Waals surface area contributed by atoms with Gasteiger partial charge in [-0.3, -0.25) is 19.9 Å². The Bertz CT molecular complexity index is 3360. The minimum atomic E-state index is -1.15. The van der Waals surface area contributed by atoms with Gasteiger partial charge >= 0.3 is 31.4 Å². The Labute approximate surface area is 495 Å². The van der Waals surface area contributed by atoms with E-state index in [-0.39, 0.29) is 42.0 Å². The largest absolute Gasteiger partial charge is 2.00 e. The zero-order valence-electron chi connectivity index (χ0n) is 44.7. The minimum Gasteiger partial charge on any atom is -0.753 e. The van der Waals surface area contributed by atoms with E-state index in [0.29, 0.717) is 17.3 Å². The molecule has 0 spiro atoms. The van der Waals surface area contributed by atoms with E-state index < -0.39 is 18.0 Å². The Morgan fingerprint density at radius 3 is 2.16 bits per heavy atom. The molecule has 7 aromatic rings. The van der Waals surface area contributed by atoms with Crippen LogP contribution < -0.4 is 4.90 Å². The number of nitrogens with zero attached hydrogens (tertiary/aromatic N) is 7. The molecule has 1 unspecified atom stereocenters. The van der Waals surface area contributed by atoms with Crippen molar-refractivity contribution >= 4 is 80.9 Å². The van der Waals surface area contributed by atoms with Crippen LogP contribution >= 0.6 is 35.3 Å². The Balaban J connectivity index is 0.000000222. The van der Waals surface area contributed by atoms with E-state index >= 15 is 0 Å². The fourth-order valence-corrected chi connectivity index (χ4v) is 11.7. The number of aryl methyl sites for hydroxylation is 1. The van der Waals surface area contributed by atoms with E-state index in [1.54, 1.807) is 11.8 Å². The number of benzene rings is 2. The van der Waals surface area contributed by atoms with Gasteiger partial charge in [0.05, 0.1) is 22.5 Å². The average molecular weight is 1210 g/mol. The third kappa shape index (κ3) is 16.2. The molecule has 0 bridgehead atoms. The number of isothiocyanates is 1. The Kier molecular flexibility index (Phi) is 23.3. The van der Waals surface area contributed by atoms with Crippen LogP contribution in [0.5, 0.6) is 0 Å². The van der Waals surface area contributed by atoms with Gasteiger partial charge in [0.25, 0.3) is 0 Å². The summed E-state index contributed by atoms with van der Waals surface area (Å²) in [6, 6.07) is 35.2. The number of rotatable bonds is 21. The molecule has 12 nitrogen and oxygen atoms in total. The molecule has 0 saturated heterocycles. The van der Waals surface area contributed by atoms with Gasteiger partial charge < -0.3 is 30.7 Å². The number of para-hydroxylation sites is 2. The summed E-state index contributed by atoms with van der Waals surface area (Å²) < 4.78 is 6.35. The maximum atomic E-state index is 12.0. The number of aromatic carboxylic acids is 2. The maximum Gasteiger partial charge on any atom is 2.00 e. The van der Waals surface area contributed by atoms with Gasteiger partial charge in [0.2, 0.25) is 5.88 Å². The van der Waals surface area contributed by atoms with E-state index in [2.05, 4.69) is 77.1 Å². The third-order valence-corrected chi connectivity index (χ3v) is 15.6. The molecule has 0 amide bonds. The van der Waals surface area contributed by atoms with Gasteiger partial charge in [0.15, 0.2) is 0 Å². The number of unbranched alkanes of at least 4 members (excludes halogenated alkanes) is 6. The number of furan rings is 1. The third-order valence-electron chi connectivity index (χ3n) is 13.4. The van der Waals surface area contributed by atoms with Crippen LogP contribution in [0, 0.1) is 0 Å². The Hall–Kier alpha value is -7.32. The van der Waals surface area contributed by atoms with Crippen LogP contribution in [0.25, 0.3) is 49.1 Å². The van der Waals surface area contributed by atoms with E-state index in [1.807, 2.05) is 119 Å². The number of hydrogen-bond acceptors (Lipinski definition) is 10. The fraction of sp³-hybridized carbons (Fsp3) is 0.250. The van der Waals surface area contributed by atoms with E-state index in [0.717, 1.165) is 34.9 Å². The van der Waals surface area contributed by atoms with Crippen molar-refractivity contribution in [2.45, 2.75) is 90.5 Å². The molecule has 3 aliphatic heterocycles. The predicted octanol–water partition coefficient (Wildman–Crippen LogP) is 18.2. The molecule has 1 atom stereocenters. The van der Waals surface area contributed by atoms with Crippen molar-refractivity contribution in [2.24, 2.45) is 0 Å². The molecule has 0 radical (unpaired) electrons. The quantitative estimate of drug-likeness (QED) is 0.0302. The van der Waals surface area contributed by atoms with Crippen LogP contribution in [0.15, 0.2) is 184 Å². The van der Waals surface area contributed by atoms with Gasteiger partial charge in [-0.25, -0.2) is 9.59 Å². The van der Waals surface area contributed by atoms with Crippen molar-refractivity contribution < 1.29 is 43.7 Å². The van der Waals surface area contributed by atoms with Crippen molar-refractivity contribution in [3.63, 3.8) is 0 Å². The maximum absolute atomic E-state index is 12.0. The van der Waals surface area contributed by atoms with Crippen molar-refractivity contribution in [3.8, 4) is 21.8 Å². The van der Waals surface area contributed by atoms with Crippen molar-refractivity contribution in [3.05, 3.63) is 229 Å². The summed E-state index contributed by atoms with van der Waals surface area (Å²) in [6.45, 7) is 5.31. The second-order valence-electron chi connectivity index (χ2n) is 18.9. The molecule has 3 aliphatic rings. The number of thioether (sulfide) groups is 1. The van der Waals surface area contributed by atoms with Gasteiger partial charge in [-0.15, -0.1) is 35.3 Å². The van der Waals surface area contributed by atoms with Crippen molar-refractivity contribution in [1.82, 2.24) is 15.0 Å². The monoisotopic (exact) mass is 1210 g/mol. The zero-order chi connectivity index (χ0) is 55.3. The molecule has 8 heterocycles. The number of thiocarbonyl (C=S) groups is 1. The van der Waals surface area contributed by atoms with E-state index in [9.17, 15) is 19.8 Å². The molecule has 0 saturated carbocycles. The molecule has 16 heteroatoms. The summed E-state index contributed by atoms with van der Waals surface area (Å²) in [7, 11) is 0. The smallest absolute Gasteiger partial charge is 0.753 e. The van der Waals surface area contributed by atoms with Crippen LogP contribution in [-0.4, -0.2) is 54.6 Å². The SMILES string of the molecule is CCCCCCC1=C(C2=CC[N-]C(c3cc(-c4sccc4CCCCCC)ccn3)=C2)SCC1.O=C(O)c1ccnc(-c2cc(C(=O)O)cc(C3C=C(c4ccc(N(c5ccccc5)c5ccccc5)o4)C=C[N-]3)n2)c1.[N-]=C=S.[Ru+2]. The predicted molar refractivity (Wildman–Crippen MR) is 326 cm³/mol. The van der Waals surface area contributed by atoms with Crippen LogP contribution in [0.2, 0.25) is 0 Å². The molecule has 10 rings (SSSR count). The number of allylic oxidation sites excluding steroid dienone is 5. The Morgan fingerprint density at radius 1 is 0.787 bits per heavy atom. The number of thiophene rings is 1. The van der Waals surface area contributed by atoms with Gasteiger partial charge in [-0.1, -0.05) is 137 Å². The molecule has 410 valence electrons. The van der Waals surface area contributed by atoms with Crippen LogP contribution in [-0.2, 0) is 25.9 Å². The topological polar surface area (TPSA) is 180 Å². The first-order valence-corrected chi connectivity index (χ1v) is 29.0. The molecule has 80 heavy (non-hydrogen) atoms. The van der Waals surface area contributed by atoms with Crippen LogP contribution in [0.3, 0.4) is 0 Å². The number of carboxylic acids is 2. The molecular weight excluding hydrogens is 1140 g/mol. The molecule has 2 N–H and O–H groups in total. The summed E-state index contributed by atoms with van der Waals surface area (Å²) in [6.07, 6.45) is 27.4. The van der Waals surface area contributed by atoms with Crippen molar-refractivity contribution in [2.75, 3.05) is 17.2 Å². The van der Waals surface area contributed by atoms with E-state index in [4.69, 9.17) is 20.1 Å². The molecule has 2 aromatic carbocycles. The fourth-order valence-electron chi connectivity index (χ4n) is 9.46. The van der Waals surface area contributed by atoms with Crippen LogP contribution in [0.4, 0.5) is 17.3 Å². The number of carboxylic acid groups (broad SMARTS) is 2. The number of pyridine rings is 3. The van der Waals surface area contributed by atoms with Gasteiger partial charge in [0, 0.05) is 62.3 Å². The van der Waals surface area contributed by atoms with Gasteiger partial charge in [-0.2, -0.15) is 11.4 Å². The Morgan fingerprint density at radius 2 is 1.46 bits per heavy atom. The number of hydrogen-bond donors (Lipinski definition) is 2. The summed E-state index contributed by atoms with van der Waals surface area (Å²) in [5, 5.41) is 39.2. The second kappa shape index (κ2) is 30.9. The first-order chi connectivity index (χ1) is 38.7. The van der Waals surface area contributed by atoms with Crippen molar-refractivity contribution in [1.29, 1.82) is 0 Å². The normalized spacial score (nSPS) is 14.3. The number of aromatic nitrogens is 3. The van der Waals surface area contributed by atoms with Gasteiger partial charge in [0.1, 0.15) is 5.76 Å². The number of carbonyl (C=O) groups is 2. The summed E-state index contributed by atoms with van der Waals surface area (Å²) in [4.78, 5) is 41.9. The number of anilines is 3. The average Bonchev–Trinajstić information content (AvgIpc) is 4.31. The molecule has 5 aromatic heterocycles. The molecule has 0 fully saturated rings. The first kappa shape index (κ1) is 60.3. The summed E-state index contributed by atoms with van der Waals surface area (Å²) in [5.41, 5.74) is 11.3. The standard InChI is InChI=1S/C33H23N4O5.C30H39N2S2.CNS.Ru/c38-32(39)22-14-16-35-27(18-22)29-20-23(33(40)41)19-28(36-29)26-17-21(13-15-34-26)30-11-12-31(42-30)37(24-7-3-1-4-8-24)25-9-5-2-6-10-25;1-3-5-7-9-11-23-15-19-33-29(23)25-13-17-31-27(21-25)28-22-26(14-18-32-28)30-24(16-20-34-30)12-10-8-6-4-2;2-1-3;/h1-20,26H,(H,38,39)(H,40,41);13-15,17,19,21-22H,3-12,16,18,20H2,1-2H3;;/q3*-1;+2. The van der Waals surface area contributed by atoms with Gasteiger partial charge in [-0.05, 0) is 127 Å². The second-order valence-corrected chi connectivity index (χ2v) is 21.1.